The molecule has 2 aromatic carbocycles. The van der Waals surface area contributed by atoms with E-state index < -0.39 is 6.10 Å². The summed E-state index contributed by atoms with van der Waals surface area (Å²) in [6, 6.07) is 14.0. The fraction of sp³-hybridized carbons (Fsp3) is 0.435. The molecule has 2 atom stereocenters. The van der Waals surface area contributed by atoms with Gasteiger partial charge < -0.3 is 14.8 Å². The number of hydrogen-bond donors (Lipinski definition) is 1. The molecule has 0 fully saturated rings. The molecule has 1 amide bonds. The number of benzene rings is 2. The zero-order valence-electron chi connectivity index (χ0n) is 16.5. The van der Waals surface area contributed by atoms with Crippen molar-refractivity contribution in [2.45, 2.75) is 58.1 Å². The van der Waals surface area contributed by atoms with Gasteiger partial charge in [-0.1, -0.05) is 31.2 Å². The summed E-state index contributed by atoms with van der Waals surface area (Å²) >= 11 is 0. The average Bonchev–Trinajstić information content (AvgIpc) is 2.71. The number of ether oxygens (including phenoxy) is 2. The molecule has 0 heterocycles. The molecule has 1 aliphatic carbocycles. The van der Waals surface area contributed by atoms with Crippen LogP contribution in [0.15, 0.2) is 42.5 Å². The van der Waals surface area contributed by atoms with Crippen LogP contribution in [0, 0.1) is 0 Å². The van der Waals surface area contributed by atoms with Crippen molar-refractivity contribution in [3.63, 3.8) is 0 Å². The van der Waals surface area contributed by atoms with Crippen molar-refractivity contribution < 1.29 is 14.3 Å². The minimum atomic E-state index is -0.580. The molecular formula is C23H29NO3. The first-order valence-electron chi connectivity index (χ1n) is 9.83. The summed E-state index contributed by atoms with van der Waals surface area (Å²) in [4.78, 5) is 12.7. The summed E-state index contributed by atoms with van der Waals surface area (Å²) in [6.07, 6.45) is 5.11. The van der Waals surface area contributed by atoms with Crippen molar-refractivity contribution >= 4 is 5.91 Å². The Hall–Kier alpha value is -2.49. The SMILES string of the molecule is CC[C@@H](NC(=O)[C@@H](C)Oc1cccc(OC)c1)c1ccc2c(c1)CCCC2. The molecule has 3 rings (SSSR count). The first kappa shape index (κ1) is 19.3. The quantitative estimate of drug-likeness (QED) is 0.777. The number of methoxy groups -OCH3 is 1. The molecule has 0 aliphatic heterocycles. The minimum absolute atomic E-state index is 0.00101. The van der Waals surface area contributed by atoms with E-state index in [1.165, 1.54) is 36.0 Å². The van der Waals surface area contributed by atoms with Gasteiger partial charge >= 0.3 is 0 Å². The average molecular weight is 367 g/mol. The lowest BCUT2D eigenvalue weighted by Crippen LogP contribution is -2.38. The van der Waals surface area contributed by atoms with Gasteiger partial charge in [0.2, 0.25) is 0 Å². The second kappa shape index (κ2) is 8.94. The van der Waals surface area contributed by atoms with Gasteiger partial charge in [0.25, 0.3) is 5.91 Å². The zero-order chi connectivity index (χ0) is 19.2. The fourth-order valence-electron chi connectivity index (χ4n) is 3.61. The van der Waals surface area contributed by atoms with Crippen LogP contribution < -0.4 is 14.8 Å². The van der Waals surface area contributed by atoms with Crippen molar-refractivity contribution in [2.75, 3.05) is 7.11 Å². The van der Waals surface area contributed by atoms with E-state index in [4.69, 9.17) is 9.47 Å². The van der Waals surface area contributed by atoms with Crippen LogP contribution in [0.5, 0.6) is 11.5 Å². The highest BCUT2D eigenvalue weighted by molar-refractivity contribution is 5.81. The van der Waals surface area contributed by atoms with Gasteiger partial charge in [0.1, 0.15) is 11.5 Å². The van der Waals surface area contributed by atoms with Gasteiger partial charge in [-0.15, -0.1) is 0 Å². The van der Waals surface area contributed by atoms with E-state index in [1.54, 1.807) is 20.1 Å². The monoisotopic (exact) mass is 367 g/mol. The summed E-state index contributed by atoms with van der Waals surface area (Å²) in [5, 5.41) is 3.14. The minimum Gasteiger partial charge on any atom is -0.497 e. The maximum Gasteiger partial charge on any atom is 0.261 e. The van der Waals surface area contributed by atoms with Gasteiger partial charge in [-0.3, -0.25) is 4.79 Å². The maximum atomic E-state index is 12.7. The van der Waals surface area contributed by atoms with Crippen LogP contribution in [-0.2, 0) is 17.6 Å². The van der Waals surface area contributed by atoms with Gasteiger partial charge in [0.15, 0.2) is 6.10 Å². The Kier molecular flexibility index (Phi) is 6.38. The highest BCUT2D eigenvalue weighted by Crippen LogP contribution is 2.26. The number of carbonyl (C=O) groups excluding carboxylic acids is 1. The summed E-state index contributed by atoms with van der Waals surface area (Å²) in [6.45, 7) is 3.87. The van der Waals surface area contributed by atoms with Crippen LogP contribution in [0.1, 0.15) is 55.8 Å². The Morgan fingerprint density at radius 3 is 2.56 bits per heavy atom. The first-order chi connectivity index (χ1) is 13.1. The smallest absolute Gasteiger partial charge is 0.261 e. The van der Waals surface area contributed by atoms with Gasteiger partial charge in [0, 0.05) is 6.07 Å². The molecule has 2 aromatic rings. The lowest BCUT2D eigenvalue weighted by molar-refractivity contribution is -0.128. The summed E-state index contributed by atoms with van der Waals surface area (Å²) in [5.74, 6) is 1.22. The van der Waals surface area contributed by atoms with Crippen LogP contribution in [-0.4, -0.2) is 19.1 Å². The summed E-state index contributed by atoms with van der Waals surface area (Å²) in [5.41, 5.74) is 4.08. The predicted octanol–water partition coefficient (Wildman–Crippen LogP) is 4.61. The third kappa shape index (κ3) is 4.82. The van der Waals surface area contributed by atoms with Gasteiger partial charge in [0.05, 0.1) is 13.2 Å². The highest BCUT2D eigenvalue weighted by Gasteiger charge is 2.20. The Morgan fingerprint density at radius 2 is 1.81 bits per heavy atom. The topological polar surface area (TPSA) is 47.6 Å². The number of hydrogen-bond acceptors (Lipinski definition) is 3. The Bertz CT molecular complexity index is 787. The molecule has 144 valence electrons. The Morgan fingerprint density at radius 1 is 1.07 bits per heavy atom. The van der Waals surface area contributed by atoms with Crippen molar-refractivity contribution in [1.82, 2.24) is 5.32 Å². The van der Waals surface area contributed by atoms with Crippen molar-refractivity contribution in [3.05, 3.63) is 59.2 Å². The lowest BCUT2D eigenvalue weighted by Gasteiger charge is -2.23. The number of nitrogens with one attached hydrogen (secondary N) is 1. The molecule has 4 heteroatoms. The third-order valence-corrected chi connectivity index (χ3v) is 5.22. The van der Waals surface area contributed by atoms with Gasteiger partial charge in [-0.2, -0.15) is 0 Å². The molecule has 27 heavy (non-hydrogen) atoms. The summed E-state index contributed by atoms with van der Waals surface area (Å²) in [7, 11) is 1.61. The Labute approximate surface area is 161 Å². The van der Waals surface area contributed by atoms with E-state index in [2.05, 4.69) is 30.4 Å². The zero-order valence-corrected chi connectivity index (χ0v) is 16.5. The molecule has 0 bridgehead atoms. The normalized spacial score (nSPS) is 15.4. The highest BCUT2D eigenvalue weighted by atomic mass is 16.5. The number of fused-ring (bicyclic) bond motifs is 1. The number of aryl methyl sites for hydroxylation is 2. The molecule has 0 radical (unpaired) electrons. The molecule has 1 N–H and O–H groups in total. The molecule has 0 saturated carbocycles. The van der Waals surface area contributed by atoms with E-state index in [-0.39, 0.29) is 11.9 Å². The van der Waals surface area contributed by atoms with Gasteiger partial charge in [-0.05, 0) is 67.9 Å². The number of rotatable bonds is 7. The van der Waals surface area contributed by atoms with E-state index in [1.807, 2.05) is 18.2 Å². The second-order valence-electron chi connectivity index (χ2n) is 7.14. The molecule has 0 saturated heterocycles. The third-order valence-electron chi connectivity index (χ3n) is 5.22. The lowest BCUT2D eigenvalue weighted by atomic mass is 9.89. The standard InChI is InChI=1S/C23H29NO3/c1-4-22(19-13-12-17-8-5-6-9-18(17)14-19)24-23(25)16(2)27-21-11-7-10-20(15-21)26-3/h7,10-16,22H,4-6,8-9H2,1-3H3,(H,24,25)/t16-,22-/m1/s1. The second-order valence-corrected chi connectivity index (χ2v) is 7.14. The van der Waals surface area contributed by atoms with E-state index in [0.717, 1.165) is 12.8 Å². The molecule has 4 nitrogen and oxygen atoms in total. The van der Waals surface area contributed by atoms with Gasteiger partial charge in [-0.25, -0.2) is 0 Å². The molecule has 1 aliphatic rings. The van der Waals surface area contributed by atoms with E-state index in [0.29, 0.717) is 11.5 Å². The fourth-order valence-corrected chi connectivity index (χ4v) is 3.61. The van der Waals surface area contributed by atoms with Crippen LogP contribution in [0.2, 0.25) is 0 Å². The van der Waals surface area contributed by atoms with Crippen molar-refractivity contribution in [2.24, 2.45) is 0 Å². The maximum absolute atomic E-state index is 12.7. The van der Waals surface area contributed by atoms with Crippen LogP contribution >= 0.6 is 0 Å². The van der Waals surface area contributed by atoms with Crippen LogP contribution in [0.4, 0.5) is 0 Å². The largest absolute Gasteiger partial charge is 0.497 e. The Balaban J connectivity index is 1.65. The number of carbonyl (C=O) groups is 1. The molecule has 0 spiro atoms. The molecule has 0 aromatic heterocycles. The molecular weight excluding hydrogens is 338 g/mol. The summed E-state index contributed by atoms with van der Waals surface area (Å²) < 4.78 is 11.0. The predicted molar refractivity (Wildman–Crippen MR) is 107 cm³/mol. The van der Waals surface area contributed by atoms with E-state index in [9.17, 15) is 4.79 Å². The van der Waals surface area contributed by atoms with Crippen LogP contribution in [0.3, 0.4) is 0 Å². The first-order valence-corrected chi connectivity index (χ1v) is 9.83. The van der Waals surface area contributed by atoms with E-state index >= 15 is 0 Å². The van der Waals surface area contributed by atoms with Crippen LogP contribution in [0.25, 0.3) is 0 Å². The van der Waals surface area contributed by atoms with Crippen molar-refractivity contribution in [3.8, 4) is 11.5 Å². The number of amides is 1. The van der Waals surface area contributed by atoms with Crippen molar-refractivity contribution in [1.29, 1.82) is 0 Å². The molecule has 0 unspecified atom stereocenters.